The molecule has 0 spiro atoms. The number of carbonyl (C=O) groups is 1. The number of benzene rings is 2. The SMILES string of the molecule is Cc1ccc(/C=C2\Oc3c(ccc(O)c3C[NH+]3CCC[C@H](C)C3)C2=O)cc1. The van der Waals surface area contributed by atoms with E-state index in [-0.39, 0.29) is 11.5 Å². The van der Waals surface area contributed by atoms with E-state index < -0.39 is 0 Å². The van der Waals surface area contributed by atoms with Gasteiger partial charge in [-0.05, 0) is 43.5 Å². The molecule has 0 bridgehead atoms. The number of quaternary nitrogens is 1. The molecule has 0 radical (unpaired) electrons. The Hall–Kier alpha value is -2.59. The molecule has 1 saturated heterocycles. The molecule has 2 aliphatic heterocycles. The summed E-state index contributed by atoms with van der Waals surface area (Å²) in [6.45, 7) is 7.17. The van der Waals surface area contributed by atoms with Gasteiger partial charge in [-0.1, -0.05) is 36.8 Å². The first-order valence-electron chi connectivity index (χ1n) is 9.70. The number of phenolic OH excluding ortho intramolecular Hbond substituents is 1. The predicted octanol–water partition coefficient (Wildman–Crippen LogP) is 3.13. The number of carbonyl (C=O) groups excluding carboxylic acids is 1. The quantitative estimate of drug-likeness (QED) is 0.823. The van der Waals surface area contributed by atoms with Gasteiger partial charge in [0.05, 0.1) is 24.2 Å². The molecule has 0 saturated carbocycles. The van der Waals surface area contributed by atoms with Crippen LogP contribution in [0.15, 0.2) is 42.2 Å². The number of nitrogens with one attached hydrogen (secondary N) is 1. The Morgan fingerprint density at radius 1 is 1.22 bits per heavy atom. The van der Waals surface area contributed by atoms with Crippen molar-refractivity contribution in [2.45, 2.75) is 33.2 Å². The molecule has 0 aliphatic carbocycles. The fourth-order valence-electron chi connectivity index (χ4n) is 4.09. The van der Waals surface area contributed by atoms with Crippen LogP contribution in [0.5, 0.6) is 11.5 Å². The minimum absolute atomic E-state index is 0.117. The molecular weight excluding hydrogens is 338 g/mol. The highest BCUT2D eigenvalue weighted by Crippen LogP contribution is 2.39. The second-order valence-corrected chi connectivity index (χ2v) is 7.92. The van der Waals surface area contributed by atoms with Gasteiger partial charge in [0.2, 0.25) is 5.78 Å². The molecule has 2 aliphatic rings. The average molecular weight is 364 g/mol. The summed E-state index contributed by atoms with van der Waals surface area (Å²) < 4.78 is 5.97. The van der Waals surface area contributed by atoms with Crippen molar-refractivity contribution in [3.63, 3.8) is 0 Å². The summed E-state index contributed by atoms with van der Waals surface area (Å²) in [6.07, 6.45) is 4.24. The number of fused-ring (bicyclic) bond motifs is 1. The number of hydrogen-bond acceptors (Lipinski definition) is 3. The van der Waals surface area contributed by atoms with Gasteiger partial charge >= 0.3 is 0 Å². The Kier molecular flexibility index (Phi) is 4.75. The average Bonchev–Trinajstić information content (AvgIpc) is 2.96. The van der Waals surface area contributed by atoms with Gasteiger partial charge in [0.15, 0.2) is 11.5 Å². The van der Waals surface area contributed by atoms with Gasteiger partial charge in [-0.3, -0.25) is 4.79 Å². The lowest BCUT2D eigenvalue weighted by molar-refractivity contribution is -0.922. The molecule has 2 aromatic rings. The maximum Gasteiger partial charge on any atom is 0.231 e. The first-order chi connectivity index (χ1) is 13.0. The van der Waals surface area contributed by atoms with E-state index in [1.54, 1.807) is 18.2 Å². The maximum absolute atomic E-state index is 12.8. The van der Waals surface area contributed by atoms with Crippen LogP contribution in [0, 0.1) is 12.8 Å². The van der Waals surface area contributed by atoms with E-state index >= 15 is 0 Å². The molecule has 2 N–H and O–H groups in total. The van der Waals surface area contributed by atoms with Crippen LogP contribution >= 0.6 is 0 Å². The molecule has 4 nitrogen and oxygen atoms in total. The van der Waals surface area contributed by atoms with Gasteiger partial charge in [-0.15, -0.1) is 0 Å². The zero-order chi connectivity index (χ0) is 19.0. The molecule has 1 unspecified atom stereocenters. The lowest BCUT2D eigenvalue weighted by atomic mass is 9.99. The number of Topliss-reactive ketones (excluding diaryl/α,β-unsaturated/α-hetero) is 1. The Bertz CT molecular complexity index is 899. The van der Waals surface area contributed by atoms with E-state index in [4.69, 9.17) is 4.74 Å². The second-order valence-electron chi connectivity index (χ2n) is 7.92. The largest absolute Gasteiger partial charge is 0.507 e. The van der Waals surface area contributed by atoms with Crippen LogP contribution in [0.4, 0.5) is 0 Å². The van der Waals surface area contributed by atoms with Crippen molar-refractivity contribution >= 4 is 11.9 Å². The van der Waals surface area contributed by atoms with Crippen molar-refractivity contribution in [2.24, 2.45) is 5.92 Å². The Labute approximate surface area is 160 Å². The highest BCUT2D eigenvalue weighted by atomic mass is 16.5. The maximum atomic E-state index is 12.8. The molecule has 4 heteroatoms. The van der Waals surface area contributed by atoms with Crippen LogP contribution in [0.25, 0.3) is 6.08 Å². The van der Waals surface area contributed by atoms with E-state index in [1.807, 2.05) is 31.2 Å². The zero-order valence-electron chi connectivity index (χ0n) is 15.9. The lowest BCUT2D eigenvalue weighted by Crippen LogP contribution is -3.12. The smallest absolute Gasteiger partial charge is 0.231 e. The van der Waals surface area contributed by atoms with E-state index in [0.29, 0.717) is 29.5 Å². The summed E-state index contributed by atoms with van der Waals surface area (Å²) in [7, 11) is 0. The number of piperidine rings is 1. The van der Waals surface area contributed by atoms with E-state index in [2.05, 4.69) is 6.92 Å². The normalized spacial score (nSPS) is 23.3. The monoisotopic (exact) mass is 364 g/mol. The van der Waals surface area contributed by atoms with Gasteiger partial charge in [-0.2, -0.15) is 0 Å². The topological polar surface area (TPSA) is 51.0 Å². The van der Waals surface area contributed by atoms with Crippen LogP contribution in [0.1, 0.15) is 46.8 Å². The van der Waals surface area contributed by atoms with Crippen LogP contribution in [-0.2, 0) is 6.54 Å². The number of hydrogen-bond donors (Lipinski definition) is 2. The molecule has 0 amide bonds. The Morgan fingerprint density at radius 2 is 2.00 bits per heavy atom. The first-order valence-corrected chi connectivity index (χ1v) is 9.70. The standard InChI is InChI=1S/C23H25NO3/c1-15-5-7-17(8-6-15)12-21-22(26)18-9-10-20(25)19(23(18)27-21)14-24-11-3-4-16(2)13-24/h5-10,12,16,25H,3-4,11,13-14H2,1-2H3/p+1/b21-12-/t16-/m0/s1. The highest BCUT2D eigenvalue weighted by molar-refractivity contribution is 6.14. The summed E-state index contributed by atoms with van der Waals surface area (Å²) in [6, 6.07) is 11.3. The zero-order valence-corrected chi connectivity index (χ0v) is 15.9. The van der Waals surface area contributed by atoms with Crippen molar-refractivity contribution in [3.05, 3.63) is 64.4 Å². The van der Waals surface area contributed by atoms with E-state index in [9.17, 15) is 9.90 Å². The van der Waals surface area contributed by atoms with E-state index in [0.717, 1.165) is 24.2 Å². The predicted molar refractivity (Wildman–Crippen MR) is 105 cm³/mol. The third-order valence-corrected chi connectivity index (χ3v) is 5.58. The minimum Gasteiger partial charge on any atom is -0.507 e. The fourth-order valence-corrected chi connectivity index (χ4v) is 4.09. The number of ketones is 1. The van der Waals surface area contributed by atoms with Crippen molar-refractivity contribution in [2.75, 3.05) is 13.1 Å². The van der Waals surface area contributed by atoms with Crippen molar-refractivity contribution in [1.29, 1.82) is 0 Å². The second kappa shape index (κ2) is 7.20. The van der Waals surface area contributed by atoms with Crippen LogP contribution < -0.4 is 9.64 Å². The van der Waals surface area contributed by atoms with Gasteiger partial charge in [0.1, 0.15) is 12.3 Å². The highest BCUT2D eigenvalue weighted by Gasteiger charge is 2.33. The number of allylic oxidation sites excluding steroid dienone is 1. The number of phenols is 1. The van der Waals surface area contributed by atoms with Crippen molar-refractivity contribution in [3.8, 4) is 11.5 Å². The van der Waals surface area contributed by atoms with Crippen LogP contribution in [0.3, 0.4) is 0 Å². The third-order valence-electron chi connectivity index (χ3n) is 5.58. The van der Waals surface area contributed by atoms with Crippen LogP contribution in [-0.4, -0.2) is 24.0 Å². The van der Waals surface area contributed by atoms with Gasteiger partial charge in [-0.25, -0.2) is 0 Å². The molecule has 0 aromatic heterocycles. The van der Waals surface area contributed by atoms with Crippen molar-refractivity contribution in [1.82, 2.24) is 0 Å². The molecular formula is C23H26NO3+. The molecule has 1 fully saturated rings. The number of rotatable bonds is 3. The van der Waals surface area contributed by atoms with Crippen molar-refractivity contribution < 1.29 is 19.5 Å². The third kappa shape index (κ3) is 3.62. The summed E-state index contributed by atoms with van der Waals surface area (Å²) in [5.41, 5.74) is 3.39. The summed E-state index contributed by atoms with van der Waals surface area (Å²) in [5, 5.41) is 10.4. The molecule has 27 heavy (non-hydrogen) atoms. The molecule has 2 atom stereocenters. The molecule has 2 heterocycles. The van der Waals surface area contributed by atoms with Gasteiger partial charge in [0.25, 0.3) is 0 Å². The fraction of sp³-hybridized carbons (Fsp3) is 0.348. The minimum atomic E-state index is -0.117. The number of aromatic hydroxyl groups is 1. The summed E-state index contributed by atoms with van der Waals surface area (Å²) in [4.78, 5) is 14.2. The molecule has 2 aromatic carbocycles. The number of likely N-dealkylation sites (tertiary alicyclic amines) is 1. The number of aryl methyl sites for hydroxylation is 1. The first kappa shape index (κ1) is 17.8. The van der Waals surface area contributed by atoms with E-state index in [1.165, 1.54) is 23.3 Å². The Balaban J connectivity index is 1.63. The Morgan fingerprint density at radius 3 is 2.74 bits per heavy atom. The van der Waals surface area contributed by atoms with Gasteiger partial charge in [0, 0.05) is 5.92 Å². The molecule has 4 rings (SSSR count). The van der Waals surface area contributed by atoms with Gasteiger partial charge < -0.3 is 14.7 Å². The molecule has 140 valence electrons. The summed E-state index contributed by atoms with van der Waals surface area (Å²) >= 11 is 0. The number of ether oxygens (including phenoxy) is 1. The van der Waals surface area contributed by atoms with Crippen LogP contribution in [0.2, 0.25) is 0 Å². The lowest BCUT2D eigenvalue weighted by Gasteiger charge is -2.28. The summed E-state index contributed by atoms with van der Waals surface area (Å²) in [5.74, 6) is 1.64.